The van der Waals surface area contributed by atoms with Gasteiger partial charge >= 0.3 is 11.8 Å². The van der Waals surface area contributed by atoms with Crippen LogP contribution in [0.4, 0.5) is 0 Å². The molecule has 0 aliphatic heterocycles. The molecule has 0 heterocycles. The van der Waals surface area contributed by atoms with Gasteiger partial charge in [-0.25, -0.2) is 0 Å². The van der Waals surface area contributed by atoms with Crippen LogP contribution in [0.2, 0.25) is 0 Å². The Morgan fingerprint density at radius 1 is 1.05 bits per heavy atom. The molecule has 0 aromatic heterocycles. The summed E-state index contributed by atoms with van der Waals surface area (Å²) in [5, 5.41) is 2.41. The van der Waals surface area contributed by atoms with Crippen LogP contribution in [0.15, 0.2) is 24.3 Å². The summed E-state index contributed by atoms with van der Waals surface area (Å²) in [5.41, 5.74) is 5.00. The SMILES string of the molecule is COc1ccc(CC(=O)NNC(=O)C(=O)NC(C)C)cc1. The van der Waals surface area contributed by atoms with Crippen LogP contribution < -0.4 is 20.9 Å². The second-order valence-electron chi connectivity index (χ2n) is 4.66. The maximum Gasteiger partial charge on any atom is 0.327 e. The van der Waals surface area contributed by atoms with Crippen molar-refractivity contribution in [3.63, 3.8) is 0 Å². The second kappa shape index (κ2) is 7.88. The van der Waals surface area contributed by atoms with Gasteiger partial charge in [-0.05, 0) is 31.5 Å². The molecule has 0 atom stereocenters. The maximum atomic E-state index is 11.6. The van der Waals surface area contributed by atoms with E-state index in [1.165, 1.54) is 0 Å². The average Bonchev–Trinajstić information content (AvgIpc) is 2.44. The first-order chi connectivity index (χ1) is 9.92. The predicted octanol–water partition coefficient (Wildman–Crippen LogP) is -0.0903. The fourth-order valence-electron chi connectivity index (χ4n) is 1.48. The molecule has 0 unspecified atom stereocenters. The highest BCUT2D eigenvalue weighted by molar-refractivity contribution is 6.35. The third-order valence-electron chi connectivity index (χ3n) is 2.47. The molecule has 1 aromatic rings. The minimum atomic E-state index is -0.910. The van der Waals surface area contributed by atoms with E-state index in [1.807, 2.05) is 0 Å². The molecule has 0 saturated heterocycles. The molecule has 21 heavy (non-hydrogen) atoms. The summed E-state index contributed by atoms with van der Waals surface area (Å²) in [6, 6.07) is 6.80. The van der Waals surface area contributed by atoms with Crippen molar-refractivity contribution in [3.8, 4) is 5.75 Å². The van der Waals surface area contributed by atoms with E-state index in [0.29, 0.717) is 5.75 Å². The van der Waals surface area contributed by atoms with Crippen LogP contribution in [0.5, 0.6) is 5.75 Å². The number of amides is 3. The number of hydrazine groups is 1. The van der Waals surface area contributed by atoms with Gasteiger partial charge in [-0.15, -0.1) is 0 Å². The summed E-state index contributed by atoms with van der Waals surface area (Å²) in [4.78, 5) is 34.3. The largest absolute Gasteiger partial charge is 0.497 e. The molecule has 0 bridgehead atoms. The number of carbonyl (C=O) groups excluding carboxylic acids is 3. The van der Waals surface area contributed by atoms with Crippen LogP contribution in [-0.2, 0) is 20.8 Å². The minimum absolute atomic E-state index is 0.0794. The maximum absolute atomic E-state index is 11.6. The highest BCUT2D eigenvalue weighted by Gasteiger charge is 2.14. The van der Waals surface area contributed by atoms with Crippen molar-refractivity contribution in [2.24, 2.45) is 0 Å². The molecular formula is C14H19N3O4. The zero-order valence-electron chi connectivity index (χ0n) is 12.2. The van der Waals surface area contributed by atoms with Gasteiger partial charge in [-0.1, -0.05) is 12.1 Å². The normalized spacial score (nSPS) is 9.90. The van der Waals surface area contributed by atoms with Crippen LogP contribution in [0.3, 0.4) is 0 Å². The molecule has 0 aliphatic carbocycles. The topological polar surface area (TPSA) is 96.5 Å². The molecule has 1 rings (SSSR count). The number of hydrogen-bond acceptors (Lipinski definition) is 4. The Hall–Kier alpha value is -2.57. The zero-order valence-corrected chi connectivity index (χ0v) is 12.2. The Balaban J connectivity index is 2.39. The van der Waals surface area contributed by atoms with E-state index in [-0.39, 0.29) is 12.5 Å². The first kappa shape index (κ1) is 16.5. The van der Waals surface area contributed by atoms with Gasteiger partial charge in [0, 0.05) is 6.04 Å². The number of rotatable bonds is 4. The number of hydrogen-bond donors (Lipinski definition) is 3. The van der Waals surface area contributed by atoms with Crippen LogP contribution >= 0.6 is 0 Å². The van der Waals surface area contributed by atoms with Crippen molar-refractivity contribution in [3.05, 3.63) is 29.8 Å². The van der Waals surface area contributed by atoms with E-state index >= 15 is 0 Å². The molecule has 0 aliphatic rings. The van der Waals surface area contributed by atoms with Crippen LogP contribution in [-0.4, -0.2) is 30.9 Å². The van der Waals surface area contributed by atoms with Crippen molar-refractivity contribution in [1.82, 2.24) is 16.2 Å². The highest BCUT2D eigenvalue weighted by Crippen LogP contribution is 2.11. The molecule has 0 saturated carbocycles. The van der Waals surface area contributed by atoms with E-state index in [4.69, 9.17) is 4.74 Å². The molecule has 0 spiro atoms. The molecular weight excluding hydrogens is 274 g/mol. The van der Waals surface area contributed by atoms with Crippen LogP contribution in [0, 0.1) is 0 Å². The summed E-state index contributed by atoms with van der Waals surface area (Å²) in [6.07, 6.45) is 0.0794. The van der Waals surface area contributed by atoms with Gasteiger partial charge < -0.3 is 10.1 Å². The first-order valence-corrected chi connectivity index (χ1v) is 6.45. The quantitative estimate of drug-likeness (QED) is 0.534. The predicted molar refractivity (Wildman–Crippen MR) is 76.3 cm³/mol. The van der Waals surface area contributed by atoms with E-state index in [0.717, 1.165) is 5.56 Å². The lowest BCUT2D eigenvalue weighted by atomic mass is 10.1. The Morgan fingerprint density at radius 2 is 1.67 bits per heavy atom. The molecule has 7 nitrogen and oxygen atoms in total. The fourth-order valence-corrected chi connectivity index (χ4v) is 1.48. The minimum Gasteiger partial charge on any atom is -0.497 e. The summed E-state index contributed by atoms with van der Waals surface area (Å²) in [6.45, 7) is 3.46. The molecule has 1 aromatic carbocycles. The first-order valence-electron chi connectivity index (χ1n) is 6.45. The Morgan fingerprint density at radius 3 is 2.19 bits per heavy atom. The van der Waals surface area contributed by atoms with Gasteiger partial charge in [-0.3, -0.25) is 25.2 Å². The van der Waals surface area contributed by atoms with Gasteiger partial charge in [0.25, 0.3) is 0 Å². The van der Waals surface area contributed by atoms with Crippen molar-refractivity contribution in [1.29, 1.82) is 0 Å². The Kier molecular flexibility index (Phi) is 6.19. The van der Waals surface area contributed by atoms with E-state index in [1.54, 1.807) is 45.2 Å². The molecule has 3 amide bonds. The monoisotopic (exact) mass is 293 g/mol. The number of methoxy groups -OCH3 is 1. The highest BCUT2D eigenvalue weighted by atomic mass is 16.5. The lowest BCUT2D eigenvalue weighted by Crippen LogP contribution is -2.50. The Bertz CT molecular complexity index is 511. The number of ether oxygens (including phenoxy) is 1. The fraction of sp³-hybridized carbons (Fsp3) is 0.357. The molecule has 114 valence electrons. The third-order valence-corrected chi connectivity index (χ3v) is 2.47. The molecule has 3 N–H and O–H groups in total. The van der Waals surface area contributed by atoms with Crippen molar-refractivity contribution in [2.45, 2.75) is 26.3 Å². The second-order valence-corrected chi connectivity index (χ2v) is 4.66. The standard InChI is InChI=1S/C14H19N3O4/c1-9(2)15-13(19)14(20)17-16-12(18)8-10-4-6-11(21-3)7-5-10/h4-7,9H,8H2,1-3H3,(H,15,19)(H,16,18)(H,17,20). The van der Waals surface area contributed by atoms with Crippen LogP contribution in [0.25, 0.3) is 0 Å². The number of benzene rings is 1. The third kappa shape index (κ3) is 5.94. The van der Waals surface area contributed by atoms with E-state index in [2.05, 4.69) is 16.2 Å². The van der Waals surface area contributed by atoms with Crippen molar-refractivity contribution < 1.29 is 19.1 Å². The number of nitrogens with one attached hydrogen (secondary N) is 3. The molecule has 7 heteroatoms. The van der Waals surface area contributed by atoms with E-state index in [9.17, 15) is 14.4 Å². The van der Waals surface area contributed by atoms with Gasteiger partial charge in [-0.2, -0.15) is 0 Å². The Labute approximate surface area is 123 Å². The summed E-state index contributed by atoms with van der Waals surface area (Å²) >= 11 is 0. The van der Waals surface area contributed by atoms with Crippen LogP contribution in [0.1, 0.15) is 19.4 Å². The lowest BCUT2D eigenvalue weighted by molar-refractivity contribution is -0.141. The van der Waals surface area contributed by atoms with Gasteiger partial charge in [0.15, 0.2) is 0 Å². The zero-order chi connectivity index (χ0) is 15.8. The average molecular weight is 293 g/mol. The van der Waals surface area contributed by atoms with Gasteiger partial charge in [0.05, 0.1) is 13.5 Å². The van der Waals surface area contributed by atoms with Crippen molar-refractivity contribution in [2.75, 3.05) is 7.11 Å². The lowest BCUT2D eigenvalue weighted by Gasteiger charge is -2.09. The summed E-state index contributed by atoms with van der Waals surface area (Å²) in [7, 11) is 1.56. The van der Waals surface area contributed by atoms with Crippen molar-refractivity contribution >= 4 is 17.7 Å². The smallest absolute Gasteiger partial charge is 0.327 e. The molecule has 0 radical (unpaired) electrons. The molecule has 0 fully saturated rings. The van der Waals surface area contributed by atoms with Gasteiger partial charge in [0.1, 0.15) is 5.75 Å². The number of carbonyl (C=O) groups is 3. The summed E-state index contributed by atoms with van der Waals surface area (Å²) < 4.78 is 5.01. The summed E-state index contributed by atoms with van der Waals surface area (Å²) in [5.74, 6) is -1.44. The van der Waals surface area contributed by atoms with E-state index < -0.39 is 17.7 Å². The van der Waals surface area contributed by atoms with Gasteiger partial charge in [0.2, 0.25) is 5.91 Å².